The fourth-order valence-corrected chi connectivity index (χ4v) is 3.41. The number of aromatic nitrogens is 8. The lowest BCUT2D eigenvalue weighted by Crippen LogP contribution is -2.11. The SMILES string of the molecule is Cc1cc([N+](=O)[O-])nn1CC(C)c1nc2c3cnn(-c4ccccc4)c3ncn2n1. The van der Waals surface area contributed by atoms with Crippen LogP contribution in [-0.4, -0.2) is 44.1 Å². The van der Waals surface area contributed by atoms with Gasteiger partial charge in [0.05, 0.1) is 40.7 Å². The summed E-state index contributed by atoms with van der Waals surface area (Å²) < 4.78 is 5.00. The van der Waals surface area contributed by atoms with Crippen LogP contribution >= 0.6 is 0 Å². The molecule has 0 aliphatic heterocycles. The molecule has 150 valence electrons. The van der Waals surface area contributed by atoms with E-state index in [1.54, 1.807) is 33.3 Å². The summed E-state index contributed by atoms with van der Waals surface area (Å²) in [4.78, 5) is 19.7. The van der Waals surface area contributed by atoms with Gasteiger partial charge in [-0.1, -0.05) is 25.1 Å². The van der Waals surface area contributed by atoms with Crippen LogP contribution < -0.4 is 0 Å². The second-order valence-corrected chi connectivity index (χ2v) is 7.10. The number of aryl methyl sites for hydroxylation is 1. The lowest BCUT2D eigenvalue weighted by atomic mass is 10.1. The van der Waals surface area contributed by atoms with Crippen LogP contribution in [0.2, 0.25) is 0 Å². The minimum atomic E-state index is -0.496. The van der Waals surface area contributed by atoms with Crippen LogP contribution in [0.3, 0.4) is 0 Å². The molecule has 30 heavy (non-hydrogen) atoms. The monoisotopic (exact) mass is 403 g/mol. The molecule has 0 saturated heterocycles. The first-order valence-electron chi connectivity index (χ1n) is 9.34. The van der Waals surface area contributed by atoms with E-state index in [2.05, 4.69) is 20.3 Å². The second-order valence-electron chi connectivity index (χ2n) is 7.10. The van der Waals surface area contributed by atoms with Crippen molar-refractivity contribution < 1.29 is 4.92 Å². The lowest BCUT2D eigenvalue weighted by molar-refractivity contribution is -0.389. The molecule has 1 unspecified atom stereocenters. The highest BCUT2D eigenvalue weighted by Crippen LogP contribution is 2.22. The van der Waals surface area contributed by atoms with E-state index in [-0.39, 0.29) is 11.7 Å². The van der Waals surface area contributed by atoms with E-state index in [1.807, 2.05) is 37.3 Å². The Morgan fingerprint density at radius 3 is 2.70 bits per heavy atom. The third-order valence-corrected chi connectivity index (χ3v) is 4.97. The van der Waals surface area contributed by atoms with Crippen LogP contribution in [0.5, 0.6) is 0 Å². The predicted octanol–water partition coefficient (Wildman–Crippen LogP) is 2.68. The van der Waals surface area contributed by atoms with Crippen molar-refractivity contribution in [3.8, 4) is 5.69 Å². The van der Waals surface area contributed by atoms with Crippen LogP contribution in [0, 0.1) is 17.0 Å². The second kappa shape index (κ2) is 6.72. The molecule has 0 spiro atoms. The van der Waals surface area contributed by atoms with Gasteiger partial charge in [0.1, 0.15) is 6.33 Å². The number of nitro groups is 1. The van der Waals surface area contributed by atoms with E-state index in [0.29, 0.717) is 29.4 Å². The largest absolute Gasteiger partial charge is 0.390 e. The summed E-state index contributed by atoms with van der Waals surface area (Å²) in [6.07, 6.45) is 3.35. The summed E-state index contributed by atoms with van der Waals surface area (Å²) in [5.41, 5.74) is 2.98. The van der Waals surface area contributed by atoms with Gasteiger partial charge >= 0.3 is 5.82 Å². The van der Waals surface area contributed by atoms with Gasteiger partial charge in [0.15, 0.2) is 17.1 Å². The van der Waals surface area contributed by atoms with Crippen molar-refractivity contribution in [1.82, 2.24) is 39.1 Å². The van der Waals surface area contributed by atoms with E-state index >= 15 is 0 Å². The van der Waals surface area contributed by atoms with E-state index < -0.39 is 4.92 Å². The summed E-state index contributed by atoms with van der Waals surface area (Å²) in [6.45, 7) is 4.17. The molecule has 4 aromatic heterocycles. The van der Waals surface area contributed by atoms with Gasteiger partial charge in [-0.05, 0) is 24.0 Å². The van der Waals surface area contributed by atoms with Crippen LogP contribution in [0.25, 0.3) is 22.4 Å². The Morgan fingerprint density at radius 1 is 1.17 bits per heavy atom. The molecule has 0 amide bonds. The summed E-state index contributed by atoms with van der Waals surface area (Å²) in [5.74, 6) is 0.332. The molecule has 1 aromatic carbocycles. The molecule has 0 bridgehead atoms. The molecule has 1 atom stereocenters. The van der Waals surface area contributed by atoms with Gasteiger partial charge < -0.3 is 10.1 Å². The van der Waals surface area contributed by atoms with Gasteiger partial charge in [0.25, 0.3) is 0 Å². The summed E-state index contributed by atoms with van der Waals surface area (Å²) in [6, 6.07) is 11.2. The smallest absolute Gasteiger partial charge is 0.358 e. The zero-order valence-electron chi connectivity index (χ0n) is 16.2. The molecular formula is C19H17N9O2. The first-order valence-corrected chi connectivity index (χ1v) is 9.34. The standard InChI is InChI=1S/C19H17N9O2/c1-12(10-25-13(2)8-16(23-25)28(29)30)17-22-19-15-9-21-27(14-6-4-3-5-7-14)18(15)20-11-26(19)24-17/h3-9,11-12H,10H2,1-2H3. The van der Waals surface area contributed by atoms with Crippen LogP contribution in [0.1, 0.15) is 24.4 Å². The van der Waals surface area contributed by atoms with Crippen molar-refractivity contribution in [2.45, 2.75) is 26.3 Å². The van der Waals surface area contributed by atoms with Crippen molar-refractivity contribution >= 4 is 22.5 Å². The fraction of sp³-hybridized carbons (Fsp3) is 0.211. The third kappa shape index (κ3) is 2.87. The number of benzene rings is 1. The van der Waals surface area contributed by atoms with Gasteiger partial charge in [0, 0.05) is 5.92 Å². The van der Waals surface area contributed by atoms with Crippen molar-refractivity contribution in [2.75, 3.05) is 0 Å². The lowest BCUT2D eigenvalue weighted by Gasteiger charge is -2.05. The topological polar surface area (TPSA) is 122 Å². The molecular weight excluding hydrogens is 386 g/mol. The summed E-state index contributed by atoms with van der Waals surface area (Å²) in [5, 5.41) is 24.8. The highest BCUT2D eigenvalue weighted by Gasteiger charge is 2.21. The molecule has 5 aromatic rings. The first-order chi connectivity index (χ1) is 14.5. The summed E-state index contributed by atoms with van der Waals surface area (Å²) >= 11 is 0. The average Bonchev–Trinajstić information content (AvgIpc) is 3.44. The Hall–Kier alpha value is -4.15. The van der Waals surface area contributed by atoms with Gasteiger partial charge in [-0.25, -0.2) is 19.2 Å². The number of hydrogen-bond donors (Lipinski definition) is 0. The number of nitrogens with zero attached hydrogens (tertiary/aromatic N) is 9. The van der Waals surface area contributed by atoms with Crippen molar-refractivity contribution in [3.05, 3.63) is 70.6 Å². The maximum Gasteiger partial charge on any atom is 0.390 e. The Balaban J connectivity index is 1.51. The Bertz CT molecular complexity index is 1380. The maximum atomic E-state index is 11.0. The van der Waals surface area contributed by atoms with Gasteiger partial charge in [-0.2, -0.15) is 9.78 Å². The van der Waals surface area contributed by atoms with Crippen molar-refractivity contribution in [2.24, 2.45) is 0 Å². The number of rotatable bonds is 5. The van der Waals surface area contributed by atoms with Crippen molar-refractivity contribution in [3.63, 3.8) is 0 Å². The predicted molar refractivity (Wildman–Crippen MR) is 107 cm³/mol. The molecule has 0 aliphatic rings. The van der Waals surface area contributed by atoms with Crippen LogP contribution in [-0.2, 0) is 6.54 Å². The summed E-state index contributed by atoms with van der Waals surface area (Å²) in [7, 11) is 0. The Kier molecular flexibility index (Phi) is 4.02. The van der Waals surface area contributed by atoms with Gasteiger partial charge in [0.2, 0.25) is 0 Å². The number of fused-ring (bicyclic) bond motifs is 3. The van der Waals surface area contributed by atoms with Crippen LogP contribution in [0.4, 0.5) is 5.82 Å². The minimum Gasteiger partial charge on any atom is -0.358 e. The molecule has 11 heteroatoms. The number of hydrogen-bond acceptors (Lipinski definition) is 7. The first kappa shape index (κ1) is 17.9. The molecule has 5 rings (SSSR count). The van der Waals surface area contributed by atoms with Gasteiger partial charge in [-0.15, -0.1) is 5.10 Å². The highest BCUT2D eigenvalue weighted by molar-refractivity contribution is 5.89. The van der Waals surface area contributed by atoms with E-state index in [9.17, 15) is 10.1 Å². The minimum absolute atomic E-state index is 0.109. The molecule has 11 nitrogen and oxygen atoms in total. The average molecular weight is 403 g/mol. The Morgan fingerprint density at radius 2 is 1.97 bits per heavy atom. The quantitative estimate of drug-likeness (QED) is 0.326. The molecule has 0 fully saturated rings. The highest BCUT2D eigenvalue weighted by atomic mass is 16.6. The molecule has 0 aliphatic carbocycles. The van der Waals surface area contributed by atoms with Crippen LogP contribution in [0.15, 0.2) is 48.9 Å². The zero-order chi connectivity index (χ0) is 20.8. The van der Waals surface area contributed by atoms with Gasteiger partial charge in [-0.3, -0.25) is 0 Å². The molecule has 0 saturated carbocycles. The Labute approximate surface area is 169 Å². The molecule has 4 heterocycles. The zero-order valence-corrected chi connectivity index (χ0v) is 16.2. The third-order valence-electron chi connectivity index (χ3n) is 4.97. The van der Waals surface area contributed by atoms with E-state index in [1.165, 1.54) is 6.07 Å². The van der Waals surface area contributed by atoms with E-state index in [4.69, 9.17) is 4.98 Å². The normalized spacial score (nSPS) is 12.6. The number of para-hydroxylation sites is 1. The fourth-order valence-electron chi connectivity index (χ4n) is 3.41. The van der Waals surface area contributed by atoms with Crippen molar-refractivity contribution in [1.29, 1.82) is 0 Å². The van der Waals surface area contributed by atoms with E-state index in [0.717, 1.165) is 11.1 Å². The molecule has 0 radical (unpaired) electrons. The maximum absolute atomic E-state index is 11.0. The molecule has 0 N–H and O–H groups in total.